The van der Waals surface area contributed by atoms with E-state index >= 15 is 0 Å². The Kier molecular flexibility index (Phi) is 3.96. The van der Waals surface area contributed by atoms with Crippen LogP contribution in [0.1, 0.15) is 25.7 Å². The van der Waals surface area contributed by atoms with Crippen LogP contribution in [-0.2, 0) is 21.4 Å². The first-order chi connectivity index (χ1) is 10.00. The molecule has 0 aromatic heterocycles. The summed E-state index contributed by atoms with van der Waals surface area (Å²) < 4.78 is 35.4. The Bertz CT molecular complexity index is 718. The molecule has 2 aliphatic rings. The summed E-state index contributed by atoms with van der Waals surface area (Å²) in [6, 6.07) is 5.29. The van der Waals surface area contributed by atoms with Gasteiger partial charge in [-0.3, -0.25) is 0 Å². The normalized spacial score (nSPS) is 24.9. The van der Waals surface area contributed by atoms with Crippen molar-refractivity contribution in [3.05, 3.63) is 18.2 Å². The molecule has 2 N–H and O–H groups in total. The first-order valence-corrected chi connectivity index (χ1v) is 9.12. The highest BCUT2D eigenvalue weighted by Crippen LogP contribution is 2.39. The van der Waals surface area contributed by atoms with Crippen LogP contribution in [0.2, 0.25) is 0 Å². The van der Waals surface area contributed by atoms with Gasteiger partial charge in [-0.1, -0.05) is 6.07 Å². The summed E-state index contributed by atoms with van der Waals surface area (Å²) in [4.78, 5) is 0.242. The zero-order valence-electron chi connectivity index (χ0n) is 11.8. The summed E-state index contributed by atoms with van der Waals surface area (Å²) >= 11 is 1.03. The smallest absolute Gasteiger partial charge is 0.245 e. The molecule has 0 atom stereocenters. The van der Waals surface area contributed by atoms with Crippen molar-refractivity contribution in [1.82, 2.24) is 4.31 Å². The standard InChI is InChI=1S/C13H18N4O2S2/c1-17(10-7-5-9(14)6-8-10)21(18,19)12-4-2-3-11-13(12)16-20-15-11/h2-4,9-10H,5-8,14H2,1H3. The summed E-state index contributed by atoms with van der Waals surface area (Å²) in [7, 11) is -1.91. The number of hydrogen-bond acceptors (Lipinski definition) is 5. The number of rotatable bonds is 3. The van der Waals surface area contributed by atoms with E-state index in [-0.39, 0.29) is 17.0 Å². The predicted octanol–water partition coefficient (Wildman–Crippen LogP) is 2.30. The number of hydrogen-bond donors (Lipinski definition) is 1. The summed E-state index contributed by atoms with van der Waals surface area (Å²) in [5.74, 6) is 0. The van der Waals surface area contributed by atoms with Crippen LogP contribution in [0.15, 0.2) is 31.8 Å². The molecule has 1 heterocycles. The van der Waals surface area contributed by atoms with E-state index < -0.39 is 10.0 Å². The summed E-state index contributed by atoms with van der Waals surface area (Å²) in [5, 5.41) is 0. The second-order valence-corrected chi connectivity index (χ2v) is 7.97. The molecule has 21 heavy (non-hydrogen) atoms. The lowest BCUT2D eigenvalue weighted by Gasteiger charge is -2.32. The highest BCUT2D eigenvalue weighted by Gasteiger charge is 2.33. The Labute approximate surface area is 128 Å². The molecule has 1 aliphatic heterocycles. The first kappa shape index (κ1) is 14.8. The minimum absolute atomic E-state index is 0.0108. The van der Waals surface area contributed by atoms with Gasteiger partial charge in [0.05, 0.1) is 11.4 Å². The molecule has 3 rings (SSSR count). The Morgan fingerprint density at radius 2 is 1.95 bits per heavy atom. The average Bonchev–Trinajstić information content (AvgIpc) is 2.95. The third-order valence-corrected chi connectivity index (χ3v) is 6.65. The number of fused-ring (bicyclic) bond motifs is 1. The minimum atomic E-state index is -3.56. The average molecular weight is 326 g/mol. The molecule has 0 saturated heterocycles. The molecule has 1 saturated carbocycles. The molecule has 0 unspecified atom stereocenters. The fourth-order valence-electron chi connectivity index (χ4n) is 2.81. The molecule has 0 bridgehead atoms. The van der Waals surface area contributed by atoms with Gasteiger partial charge in [0, 0.05) is 19.1 Å². The van der Waals surface area contributed by atoms with Gasteiger partial charge in [0.2, 0.25) is 10.0 Å². The van der Waals surface area contributed by atoms with Gasteiger partial charge in [-0.05, 0) is 37.8 Å². The maximum atomic E-state index is 12.9. The lowest BCUT2D eigenvalue weighted by molar-refractivity contribution is 0.269. The third kappa shape index (κ3) is 2.68. The fourth-order valence-corrected chi connectivity index (χ4v) is 4.97. The Balaban J connectivity index is 1.91. The summed E-state index contributed by atoms with van der Waals surface area (Å²) in [5.41, 5.74) is 6.98. The Morgan fingerprint density at radius 3 is 2.67 bits per heavy atom. The van der Waals surface area contributed by atoms with Crippen LogP contribution in [0.3, 0.4) is 0 Å². The molecule has 1 fully saturated rings. The van der Waals surface area contributed by atoms with Crippen molar-refractivity contribution in [1.29, 1.82) is 0 Å². The molecular formula is C13H18N4O2S2. The van der Waals surface area contributed by atoms with Crippen LogP contribution < -0.4 is 5.73 Å². The van der Waals surface area contributed by atoms with Crippen LogP contribution >= 0.6 is 0 Å². The zero-order chi connectivity index (χ0) is 15.0. The molecule has 114 valence electrons. The fraction of sp³-hybridized carbons (Fsp3) is 0.538. The van der Waals surface area contributed by atoms with E-state index in [0.29, 0.717) is 11.4 Å². The molecule has 0 amide bonds. The van der Waals surface area contributed by atoms with Gasteiger partial charge >= 0.3 is 0 Å². The van der Waals surface area contributed by atoms with Crippen molar-refractivity contribution in [2.24, 2.45) is 14.5 Å². The number of nitrogens with two attached hydrogens (primary N) is 1. The van der Waals surface area contributed by atoms with Crippen molar-refractivity contribution in [2.45, 2.75) is 42.7 Å². The minimum Gasteiger partial charge on any atom is -0.328 e. The van der Waals surface area contributed by atoms with E-state index in [1.165, 1.54) is 4.31 Å². The van der Waals surface area contributed by atoms with Gasteiger partial charge in [0.25, 0.3) is 0 Å². The lowest BCUT2D eigenvalue weighted by Crippen LogP contribution is -2.41. The maximum Gasteiger partial charge on any atom is 0.245 e. The van der Waals surface area contributed by atoms with E-state index in [1.54, 1.807) is 25.2 Å². The lowest BCUT2D eigenvalue weighted by atomic mass is 9.92. The van der Waals surface area contributed by atoms with E-state index in [1.807, 2.05) is 0 Å². The van der Waals surface area contributed by atoms with Gasteiger partial charge in [0.15, 0.2) is 0 Å². The molecule has 0 spiro atoms. The van der Waals surface area contributed by atoms with Gasteiger partial charge in [-0.15, -0.1) is 0 Å². The monoisotopic (exact) mass is 326 g/mol. The second-order valence-electron chi connectivity index (χ2n) is 5.48. The van der Waals surface area contributed by atoms with Gasteiger partial charge in [-0.25, -0.2) is 8.42 Å². The number of benzene rings is 1. The Morgan fingerprint density at radius 1 is 1.24 bits per heavy atom. The molecule has 0 radical (unpaired) electrons. The molecule has 1 aromatic carbocycles. The van der Waals surface area contributed by atoms with E-state index in [9.17, 15) is 8.42 Å². The predicted molar refractivity (Wildman–Crippen MR) is 83.2 cm³/mol. The van der Waals surface area contributed by atoms with Crippen LogP contribution in [0.4, 0.5) is 11.4 Å². The van der Waals surface area contributed by atoms with Crippen LogP contribution in [0.25, 0.3) is 0 Å². The highest BCUT2D eigenvalue weighted by molar-refractivity contribution is 7.89. The van der Waals surface area contributed by atoms with Crippen molar-refractivity contribution in [3.8, 4) is 0 Å². The van der Waals surface area contributed by atoms with Gasteiger partial charge < -0.3 is 5.73 Å². The molecule has 1 aliphatic carbocycles. The number of sulfonamides is 1. The van der Waals surface area contributed by atoms with Crippen LogP contribution in [0.5, 0.6) is 0 Å². The number of nitrogens with zero attached hydrogens (tertiary/aromatic N) is 3. The summed E-state index contributed by atoms with van der Waals surface area (Å²) in [6.45, 7) is 0. The van der Waals surface area contributed by atoms with Gasteiger partial charge in [-0.2, -0.15) is 13.0 Å². The quantitative estimate of drug-likeness (QED) is 0.938. The molecular weight excluding hydrogens is 308 g/mol. The molecule has 8 heteroatoms. The first-order valence-electron chi connectivity index (χ1n) is 6.95. The van der Waals surface area contributed by atoms with Crippen LogP contribution in [-0.4, -0.2) is 31.9 Å². The van der Waals surface area contributed by atoms with Crippen LogP contribution in [0, 0.1) is 0 Å². The van der Waals surface area contributed by atoms with E-state index in [2.05, 4.69) is 8.73 Å². The zero-order valence-corrected chi connectivity index (χ0v) is 13.4. The summed E-state index contributed by atoms with van der Waals surface area (Å²) in [6.07, 6.45) is 3.35. The largest absolute Gasteiger partial charge is 0.328 e. The highest BCUT2D eigenvalue weighted by atomic mass is 32.2. The van der Waals surface area contributed by atoms with Crippen molar-refractivity contribution >= 4 is 32.8 Å². The van der Waals surface area contributed by atoms with Crippen molar-refractivity contribution < 1.29 is 8.42 Å². The second kappa shape index (κ2) is 5.60. The molecule has 1 aromatic rings. The maximum absolute atomic E-state index is 12.9. The van der Waals surface area contributed by atoms with E-state index in [0.717, 1.165) is 37.0 Å². The third-order valence-electron chi connectivity index (χ3n) is 4.16. The van der Waals surface area contributed by atoms with Crippen molar-refractivity contribution in [2.75, 3.05) is 7.05 Å². The van der Waals surface area contributed by atoms with Gasteiger partial charge in [0.1, 0.15) is 16.3 Å². The Hall–Kier alpha value is -1.09. The molecule has 6 nitrogen and oxygen atoms in total. The van der Waals surface area contributed by atoms with Crippen molar-refractivity contribution in [3.63, 3.8) is 0 Å². The SMILES string of the molecule is CN(C1CCC(N)CC1)S(=O)(=O)c1cccc2c1N=S=N2. The topological polar surface area (TPSA) is 88.1 Å². The van der Waals surface area contributed by atoms with E-state index in [4.69, 9.17) is 5.73 Å².